The molecule has 1 atom stereocenters. The van der Waals surface area contributed by atoms with Gasteiger partial charge >= 0.3 is 0 Å². The number of nitrogens with zero attached hydrogens (tertiary/aromatic N) is 4. The number of hydrogen-bond acceptors (Lipinski definition) is 8. The van der Waals surface area contributed by atoms with Crippen molar-refractivity contribution in [2.24, 2.45) is 5.18 Å². The van der Waals surface area contributed by atoms with Crippen LogP contribution in [0.4, 0.5) is 11.5 Å². The monoisotopic (exact) mass is 505 g/mol. The van der Waals surface area contributed by atoms with Gasteiger partial charge in [0.15, 0.2) is 6.10 Å². The maximum atomic E-state index is 13.3. The van der Waals surface area contributed by atoms with Crippen LogP contribution in [0.15, 0.2) is 95.3 Å². The van der Waals surface area contributed by atoms with Crippen LogP contribution in [0.1, 0.15) is 12.5 Å². The number of aromatic nitrogens is 3. The van der Waals surface area contributed by atoms with Crippen molar-refractivity contribution in [1.82, 2.24) is 14.8 Å². The third-order valence-electron chi connectivity index (χ3n) is 5.34. The Balaban J connectivity index is 1.61. The Morgan fingerprint density at radius 1 is 1.06 bits per heavy atom. The predicted molar refractivity (Wildman–Crippen MR) is 134 cm³/mol. The first-order valence-electron chi connectivity index (χ1n) is 11.1. The van der Waals surface area contributed by atoms with Gasteiger partial charge in [0, 0.05) is 37.0 Å². The Morgan fingerprint density at radius 2 is 1.75 bits per heavy atom. The summed E-state index contributed by atoms with van der Waals surface area (Å²) >= 11 is 0. The lowest BCUT2D eigenvalue weighted by Crippen LogP contribution is -2.35. The SMILES string of the molecule is CCn1nc(-c2ccncc2)cc1NC(=O)[C@@H](Cc1ccccc1)OS(=O)(=O)c1ccc(N=O)cc1. The average molecular weight is 506 g/mol. The fourth-order valence-electron chi connectivity index (χ4n) is 3.51. The maximum Gasteiger partial charge on any atom is 0.297 e. The molecule has 0 aliphatic heterocycles. The number of anilines is 1. The first-order chi connectivity index (χ1) is 17.4. The average Bonchev–Trinajstić information content (AvgIpc) is 3.32. The summed E-state index contributed by atoms with van der Waals surface area (Å²) in [5.74, 6) is -0.251. The molecular formula is C25H23N5O5S. The van der Waals surface area contributed by atoms with Gasteiger partial charge in [-0.1, -0.05) is 30.3 Å². The van der Waals surface area contributed by atoms with Crippen LogP contribution in [-0.2, 0) is 32.1 Å². The second-order valence-corrected chi connectivity index (χ2v) is 9.34. The first-order valence-corrected chi connectivity index (χ1v) is 12.5. The van der Waals surface area contributed by atoms with Crippen molar-refractivity contribution < 1.29 is 17.4 Å². The molecule has 184 valence electrons. The Bertz CT molecular complexity index is 1440. The second-order valence-electron chi connectivity index (χ2n) is 7.77. The molecule has 2 aromatic heterocycles. The van der Waals surface area contributed by atoms with Gasteiger partial charge in [-0.2, -0.15) is 13.5 Å². The fraction of sp³-hybridized carbons (Fsp3) is 0.160. The number of pyridine rings is 1. The Labute approximate surface area is 208 Å². The molecule has 4 rings (SSSR count). The van der Waals surface area contributed by atoms with Crippen LogP contribution in [0.5, 0.6) is 0 Å². The van der Waals surface area contributed by atoms with Crippen molar-refractivity contribution in [3.8, 4) is 11.3 Å². The number of nitrogens with one attached hydrogen (secondary N) is 1. The quantitative estimate of drug-likeness (QED) is 0.251. The largest absolute Gasteiger partial charge is 0.309 e. The minimum Gasteiger partial charge on any atom is -0.309 e. The zero-order valence-corrected chi connectivity index (χ0v) is 20.1. The molecule has 2 heterocycles. The van der Waals surface area contributed by atoms with E-state index in [-0.39, 0.29) is 17.0 Å². The molecule has 10 nitrogen and oxygen atoms in total. The number of amides is 1. The summed E-state index contributed by atoms with van der Waals surface area (Å²) in [5, 5.41) is 10.0. The van der Waals surface area contributed by atoms with Gasteiger partial charge in [-0.3, -0.25) is 14.0 Å². The molecule has 11 heteroatoms. The van der Waals surface area contributed by atoms with Crippen molar-refractivity contribution in [1.29, 1.82) is 0 Å². The minimum atomic E-state index is -4.33. The van der Waals surface area contributed by atoms with Crippen LogP contribution in [0.3, 0.4) is 0 Å². The van der Waals surface area contributed by atoms with Gasteiger partial charge in [0.05, 0.1) is 10.6 Å². The van der Waals surface area contributed by atoms with Crippen LogP contribution >= 0.6 is 0 Å². The lowest BCUT2D eigenvalue weighted by molar-refractivity contribution is -0.122. The Morgan fingerprint density at radius 3 is 2.39 bits per heavy atom. The van der Waals surface area contributed by atoms with E-state index in [4.69, 9.17) is 4.18 Å². The van der Waals surface area contributed by atoms with Crippen LogP contribution < -0.4 is 5.32 Å². The smallest absolute Gasteiger partial charge is 0.297 e. The van der Waals surface area contributed by atoms with Crippen molar-refractivity contribution in [2.75, 3.05) is 5.32 Å². The highest BCUT2D eigenvalue weighted by Crippen LogP contribution is 2.24. The van der Waals surface area contributed by atoms with Gasteiger partial charge in [-0.05, 0) is 54.1 Å². The van der Waals surface area contributed by atoms with Crippen molar-refractivity contribution in [3.05, 3.63) is 95.7 Å². The number of carbonyl (C=O) groups excluding carboxylic acids is 1. The molecule has 1 N–H and O–H groups in total. The van der Waals surface area contributed by atoms with Crippen LogP contribution in [0, 0.1) is 4.91 Å². The third kappa shape index (κ3) is 5.88. The molecule has 0 spiro atoms. The molecule has 0 unspecified atom stereocenters. The predicted octanol–water partition coefficient (Wildman–Crippen LogP) is 4.32. The van der Waals surface area contributed by atoms with Crippen molar-refractivity contribution >= 4 is 27.5 Å². The van der Waals surface area contributed by atoms with E-state index in [1.165, 1.54) is 24.3 Å². The van der Waals surface area contributed by atoms with E-state index >= 15 is 0 Å². The summed E-state index contributed by atoms with van der Waals surface area (Å²) in [4.78, 5) is 27.8. The van der Waals surface area contributed by atoms with E-state index in [0.717, 1.165) is 11.1 Å². The summed E-state index contributed by atoms with van der Waals surface area (Å²) in [6.07, 6.45) is 1.93. The third-order valence-corrected chi connectivity index (χ3v) is 6.67. The highest BCUT2D eigenvalue weighted by atomic mass is 32.2. The summed E-state index contributed by atoms with van der Waals surface area (Å²) in [6.45, 7) is 2.35. The van der Waals surface area contributed by atoms with Crippen molar-refractivity contribution in [3.63, 3.8) is 0 Å². The molecule has 4 aromatic rings. The van der Waals surface area contributed by atoms with Gasteiger partial charge in [0.25, 0.3) is 16.0 Å². The van der Waals surface area contributed by atoms with E-state index in [1.54, 1.807) is 59.5 Å². The normalized spacial score (nSPS) is 12.1. The standard InChI is InChI=1S/C25H23N5O5S/c1-2-30-24(17-22(28-30)19-12-14-26-15-13-19)27-25(31)23(16-18-6-4-3-5-7-18)35-36(33,34)21-10-8-20(29-32)9-11-21/h3-15,17,23H,2,16H2,1H3,(H,27,31)/t23-/m1/s1. The van der Waals surface area contributed by atoms with E-state index < -0.39 is 22.1 Å². The maximum absolute atomic E-state index is 13.3. The molecule has 36 heavy (non-hydrogen) atoms. The number of nitroso groups, excluding NO2 is 1. The van der Waals surface area contributed by atoms with Crippen LogP contribution in [0.2, 0.25) is 0 Å². The fourth-order valence-corrected chi connectivity index (χ4v) is 4.55. The molecule has 0 saturated heterocycles. The molecule has 1 amide bonds. The van der Waals surface area contributed by atoms with Gasteiger partial charge in [0.2, 0.25) is 0 Å². The molecule has 0 saturated carbocycles. The minimum absolute atomic E-state index is 0.0113. The first kappa shape index (κ1) is 24.9. The molecule has 0 aliphatic carbocycles. The van der Waals surface area contributed by atoms with E-state index in [9.17, 15) is 18.1 Å². The summed E-state index contributed by atoms with van der Waals surface area (Å²) < 4.78 is 33.0. The van der Waals surface area contributed by atoms with Gasteiger partial charge in [-0.25, -0.2) is 4.68 Å². The topological polar surface area (TPSA) is 133 Å². The molecule has 0 fully saturated rings. The van der Waals surface area contributed by atoms with E-state index in [2.05, 4.69) is 20.6 Å². The lowest BCUT2D eigenvalue weighted by Gasteiger charge is -2.18. The van der Waals surface area contributed by atoms with Gasteiger partial charge in [0.1, 0.15) is 11.5 Å². The summed E-state index contributed by atoms with van der Waals surface area (Å²) in [5.41, 5.74) is 2.24. The number of hydrogen-bond donors (Lipinski definition) is 1. The van der Waals surface area contributed by atoms with E-state index in [0.29, 0.717) is 18.1 Å². The molecule has 0 aliphatic rings. The van der Waals surface area contributed by atoms with Crippen LogP contribution in [0.25, 0.3) is 11.3 Å². The van der Waals surface area contributed by atoms with Gasteiger partial charge < -0.3 is 5.32 Å². The Kier molecular flexibility index (Phi) is 7.62. The summed E-state index contributed by atoms with van der Waals surface area (Å²) in [7, 11) is -4.33. The lowest BCUT2D eigenvalue weighted by atomic mass is 10.1. The molecule has 0 bridgehead atoms. The highest BCUT2D eigenvalue weighted by Gasteiger charge is 2.29. The zero-order chi connectivity index (χ0) is 25.5. The second kappa shape index (κ2) is 11.0. The van der Waals surface area contributed by atoms with E-state index in [1.807, 2.05) is 13.0 Å². The molecule has 0 radical (unpaired) electrons. The van der Waals surface area contributed by atoms with Crippen molar-refractivity contribution in [2.45, 2.75) is 30.9 Å². The number of aryl methyl sites for hydroxylation is 1. The zero-order valence-electron chi connectivity index (χ0n) is 19.3. The summed E-state index contributed by atoms with van der Waals surface area (Å²) in [6, 6.07) is 19.2. The number of rotatable bonds is 10. The molecular weight excluding hydrogens is 482 g/mol. The molecule has 2 aromatic carbocycles. The van der Waals surface area contributed by atoms with Gasteiger partial charge in [-0.15, -0.1) is 4.91 Å². The van der Waals surface area contributed by atoms with Crippen LogP contribution in [-0.4, -0.2) is 35.2 Å². The number of benzene rings is 2. The number of carbonyl (C=O) groups is 1. The Hall–Kier alpha value is -4.22. The highest BCUT2D eigenvalue weighted by molar-refractivity contribution is 7.86.